The molecular formula is C10H23NO3S. The second-order valence-corrected chi connectivity index (χ2v) is 6.81. The first-order chi connectivity index (χ1) is 6.83. The Bertz CT molecular complexity index is 260. The quantitative estimate of drug-likeness (QED) is 0.635. The maximum Gasteiger partial charge on any atom is 0.150 e. The minimum Gasteiger partial charge on any atom is -0.383 e. The van der Waals surface area contributed by atoms with Crippen LogP contribution in [0.4, 0.5) is 0 Å². The highest BCUT2D eigenvalue weighted by atomic mass is 32.2. The second-order valence-electron chi connectivity index (χ2n) is 4.33. The molecule has 0 amide bonds. The van der Waals surface area contributed by atoms with Crippen LogP contribution in [0.15, 0.2) is 0 Å². The molecule has 0 aromatic carbocycles. The van der Waals surface area contributed by atoms with Crippen molar-refractivity contribution in [2.45, 2.75) is 32.7 Å². The first kappa shape index (κ1) is 14.9. The van der Waals surface area contributed by atoms with Gasteiger partial charge in [0.25, 0.3) is 0 Å². The van der Waals surface area contributed by atoms with Gasteiger partial charge in [0.05, 0.1) is 12.4 Å². The van der Waals surface area contributed by atoms with E-state index in [9.17, 15) is 8.42 Å². The van der Waals surface area contributed by atoms with E-state index < -0.39 is 9.84 Å². The van der Waals surface area contributed by atoms with Crippen molar-refractivity contribution < 1.29 is 13.2 Å². The fourth-order valence-corrected chi connectivity index (χ4v) is 2.15. The zero-order valence-electron chi connectivity index (χ0n) is 10.2. The van der Waals surface area contributed by atoms with Gasteiger partial charge >= 0.3 is 0 Å². The summed E-state index contributed by atoms with van der Waals surface area (Å²) in [4.78, 5) is 0. The third-order valence-electron chi connectivity index (χ3n) is 2.18. The van der Waals surface area contributed by atoms with E-state index in [2.05, 4.69) is 5.32 Å². The number of nitrogens with one attached hydrogen (secondary N) is 1. The smallest absolute Gasteiger partial charge is 0.150 e. The van der Waals surface area contributed by atoms with Crippen LogP contribution in [-0.2, 0) is 14.6 Å². The van der Waals surface area contributed by atoms with E-state index in [0.717, 1.165) is 0 Å². The molecule has 5 heteroatoms. The monoisotopic (exact) mass is 237 g/mol. The summed E-state index contributed by atoms with van der Waals surface area (Å²) in [6, 6.07) is 0. The SMILES string of the molecule is CCS(=O)(=O)CCCNC(C)(C)COC. The summed E-state index contributed by atoms with van der Waals surface area (Å²) in [7, 11) is -1.16. The standard InChI is InChI=1S/C10H23NO3S/c1-5-15(12,13)8-6-7-11-10(2,3)9-14-4/h11H,5-9H2,1-4H3. The van der Waals surface area contributed by atoms with Gasteiger partial charge in [0.2, 0.25) is 0 Å². The van der Waals surface area contributed by atoms with Crippen LogP contribution in [0, 0.1) is 0 Å². The van der Waals surface area contributed by atoms with Gasteiger partial charge in [-0.2, -0.15) is 0 Å². The average molecular weight is 237 g/mol. The molecule has 92 valence electrons. The normalized spacial score (nSPS) is 13.1. The summed E-state index contributed by atoms with van der Waals surface area (Å²) >= 11 is 0. The molecule has 0 aliphatic rings. The predicted molar refractivity (Wildman–Crippen MR) is 62.9 cm³/mol. The lowest BCUT2D eigenvalue weighted by molar-refractivity contribution is 0.129. The van der Waals surface area contributed by atoms with Gasteiger partial charge < -0.3 is 10.1 Å². The van der Waals surface area contributed by atoms with E-state index in [1.807, 2.05) is 13.8 Å². The molecule has 0 aliphatic carbocycles. The fourth-order valence-electron chi connectivity index (χ4n) is 1.28. The predicted octanol–water partition coefficient (Wildman–Crippen LogP) is 0.826. The lowest BCUT2D eigenvalue weighted by atomic mass is 10.1. The van der Waals surface area contributed by atoms with E-state index in [-0.39, 0.29) is 17.0 Å². The molecule has 0 bridgehead atoms. The molecule has 15 heavy (non-hydrogen) atoms. The van der Waals surface area contributed by atoms with E-state index in [4.69, 9.17) is 4.74 Å². The molecule has 0 aromatic rings. The van der Waals surface area contributed by atoms with Crippen molar-refractivity contribution >= 4 is 9.84 Å². The molecule has 0 rings (SSSR count). The molecular weight excluding hydrogens is 214 g/mol. The van der Waals surface area contributed by atoms with Gasteiger partial charge in [-0.05, 0) is 26.8 Å². The molecule has 0 unspecified atom stereocenters. The summed E-state index contributed by atoms with van der Waals surface area (Å²) in [5.41, 5.74) is -0.0925. The third-order valence-corrected chi connectivity index (χ3v) is 3.97. The van der Waals surface area contributed by atoms with Gasteiger partial charge in [0, 0.05) is 18.4 Å². The first-order valence-corrected chi connectivity index (χ1v) is 7.09. The van der Waals surface area contributed by atoms with Crippen LogP contribution in [0.3, 0.4) is 0 Å². The number of hydrogen-bond donors (Lipinski definition) is 1. The van der Waals surface area contributed by atoms with Crippen LogP contribution in [0.2, 0.25) is 0 Å². The molecule has 0 heterocycles. The molecule has 0 radical (unpaired) electrons. The first-order valence-electron chi connectivity index (χ1n) is 5.27. The Hall–Kier alpha value is -0.130. The van der Waals surface area contributed by atoms with Crippen molar-refractivity contribution in [1.29, 1.82) is 0 Å². The Balaban J connectivity index is 3.72. The zero-order chi connectivity index (χ0) is 11.9. The van der Waals surface area contributed by atoms with Crippen LogP contribution >= 0.6 is 0 Å². The molecule has 0 atom stereocenters. The average Bonchev–Trinajstić information content (AvgIpc) is 2.13. The van der Waals surface area contributed by atoms with E-state index in [1.54, 1.807) is 14.0 Å². The van der Waals surface area contributed by atoms with Crippen molar-refractivity contribution in [2.24, 2.45) is 0 Å². The van der Waals surface area contributed by atoms with Crippen molar-refractivity contribution in [3.05, 3.63) is 0 Å². The molecule has 0 aliphatic heterocycles. The summed E-state index contributed by atoms with van der Waals surface area (Å²) in [6.07, 6.45) is 0.656. The number of rotatable bonds is 8. The highest BCUT2D eigenvalue weighted by Gasteiger charge is 2.16. The second kappa shape index (κ2) is 6.45. The number of ether oxygens (including phenoxy) is 1. The van der Waals surface area contributed by atoms with E-state index in [0.29, 0.717) is 19.6 Å². The maximum absolute atomic E-state index is 11.2. The maximum atomic E-state index is 11.2. The Morgan fingerprint density at radius 2 is 1.93 bits per heavy atom. The van der Waals surface area contributed by atoms with Gasteiger partial charge in [0.1, 0.15) is 9.84 Å². The lowest BCUT2D eigenvalue weighted by Gasteiger charge is -2.25. The van der Waals surface area contributed by atoms with Crippen molar-refractivity contribution in [1.82, 2.24) is 5.32 Å². The third kappa shape index (κ3) is 7.76. The van der Waals surface area contributed by atoms with Gasteiger partial charge in [-0.3, -0.25) is 0 Å². The molecule has 0 fully saturated rings. The van der Waals surface area contributed by atoms with Crippen LogP contribution in [0.5, 0.6) is 0 Å². The number of sulfone groups is 1. The van der Waals surface area contributed by atoms with Gasteiger partial charge in [-0.25, -0.2) is 8.42 Å². The van der Waals surface area contributed by atoms with Crippen LogP contribution in [-0.4, -0.2) is 45.7 Å². The summed E-state index contributed by atoms with van der Waals surface area (Å²) < 4.78 is 27.4. The van der Waals surface area contributed by atoms with Crippen molar-refractivity contribution in [3.63, 3.8) is 0 Å². The Morgan fingerprint density at radius 3 is 2.40 bits per heavy atom. The van der Waals surface area contributed by atoms with E-state index in [1.165, 1.54) is 0 Å². The van der Waals surface area contributed by atoms with Gasteiger partial charge in [0.15, 0.2) is 0 Å². The van der Waals surface area contributed by atoms with Crippen molar-refractivity contribution in [3.8, 4) is 0 Å². The Morgan fingerprint density at radius 1 is 1.33 bits per heavy atom. The van der Waals surface area contributed by atoms with Crippen molar-refractivity contribution in [2.75, 3.05) is 31.8 Å². The minimum absolute atomic E-state index is 0.0925. The lowest BCUT2D eigenvalue weighted by Crippen LogP contribution is -2.44. The highest BCUT2D eigenvalue weighted by Crippen LogP contribution is 2.02. The number of hydrogen-bond acceptors (Lipinski definition) is 4. The van der Waals surface area contributed by atoms with Crippen LogP contribution in [0.1, 0.15) is 27.2 Å². The Labute approximate surface area is 93.3 Å². The van der Waals surface area contributed by atoms with Crippen LogP contribution < -0.4 is 5.32 Å². The minimum atomic E-state index is -2.82. The molecule has 0 saturated carbocycles. The molecule has 0 spiro atoms. The molecule has 0 saturated heterocycles. The molecule has 0 aromatic heterocycles. The highest BCUT2D eigenvalue weighted by molar-refractivity contribution is 7.91. The fraction of sp³-hybridized carbons (Fsp3) is 1.00. The van der Waals surface area contributed by atoms with E-state index >= 15 is 0 Å². The molecule has 4 nitrogen and oxygen atoms in total. The topological polar surface area (TPSA) is 55.4 Å². The summed E-state index contributed by atoms with van der Waals surface area (Å²) in [5.74, 6) is 0.494. The summed E-state index contributed by atoms with van der Waals surface area (Å²) in [6.45, 7) is 7.07. The Kier molecular flexibility index (Phi) is 6.40. The van der Waals surface area contributed by atoms with Crippen LogP contribution in [0.25, 0.3) is 0 Å². The molecule has 1 N–H and O–H groups in total. The zero-order valence-corrected chi connectivity index (χ0v) is 11.0. The van der Waals surface area contributed by atoms with Gasteiger partial charge in [-0.1, -0.05) is 6.92 Å². The number of methoxy groups -OCH3 is 1. The van der Waals surface area contributed by atoms with Gasteiger partial charge in [-0.15, -0.1) is 0 Å². The largest absolute Gasteiger partial charge is 0.383 e. The summed E-state index contributed by atoms with van der Waals surface area (Å²) in [5, 5.41) is 3.27.